The van der Waals surface area contributed by atoms with Crippen LogP contribution in [-0.2, 0) is 11.3 Å². The maximum atomic E-state index is 11.8. The number of carbonyl (C=O) groups excluding carboxylic acids is 1. The first-order chi connectivity index (χ1) is 10.6. The molecule has 0 aliphatic carbocycles. The number of aryl methyl sites for hydroxylation is 1. The van der Waals surface area contributed by atoms with E-state index in [9.17, 15) is 9.70 Å². The van der Waals surface area contributed by atoms with Gasteiger partial charge in [0.1, 0.15) is 0 Å². The molecule has 5 nitrogen and oxygen atoms in total. The zero-order valence-electron chi connectivity index (χ0n) is 13.8. The third-order valence-corrected chi connectivity index (χ3v) is 3.74. The van der Waals surface area contributed by atoms with Crippen molar-refractivity contribution in [2.45, 2.75) is 51.9 Å². The second-order valence-electron chi connectivity index (χ2n) is 5.71. The molecule has 1 rings (SSSR count). The van der Waals surface area contributed by atoms with Crippen LogP contribution in [0.1, 0.15) is 61.4 Å². The van der Waals surface area contributed by atoms with Crippen LogP contribution in [-0.4, -0.2) is 20.1 Å². The summed E-state index contributed by atoms with van der Waals surface area (Å²) >= 11 is 0. The molecule has 1 aromatic carbocycles. The van der Waals surface area contributed by atoms with Crippen molar-refractivity contribution in [2.75, 3.05) is 19.0 Å². The van der Waals surface area contributed by atoms with Gasteiger partial charge < -0.3 is 4.90 Å². The molecule has 0 bridgehead atoms. The van der Waals surface area contributed by atoms with Gasteiger partial charge in [-0.3, -0.25) is 4.84 Å². The van der Waals surface area contributed by atoms with Crippen molar-refractivity contribution in [3.63, 3.8) is 0 Å². The number of benzene rings is 1. The molecule has 0 spiro atoms. The zero-order valence-corrected chi connectivity index (χ0v) is 13.8. The van der Waals surface area contributed by atoms with Crippen LogP contribution in [0.3, 0.4) is 0 Å². The normalized spacial score (nSPS) is 10.3. The Balaban J connectivity index is 2.72. The number of nitrogens with zero attached hydrogens (tertiary/aromatic N) is 2. The molecule has 0 aromatic heterocycles. The van der Waals surface area contributed by atoms with Gasteiger partial charge in [0.2, 0.25) is 0 Å². The SMILES string of the molecule is CCCCCCCCc1cc(N(C)C)ccc1C(=O)ON=O. The molecular formula is C17H26N2O3. The van der Waals surface area contributed by atoms with Crippen molar-refractivity contribution in [1.82, 2.24) is 0 Å². The molecule has 0 heterocycles. The maximum Gasteiger partial charge on any atom is 0.369 e. The van der Waals surface area contributed by atoms with Crippen molar-refractivity contribution in [3.05, 3.63) is 34.2 Å². The van der Waals surface area contributed by atoms with Crippen LogP contribution in [0.2, 0.25) is 0 Å². The molecule has 0 radical (unpaired) electrons. The predicted octanol–water partition coefficient (Wildman–Crippen LogP) is 4.49. The van der Waals surface area contributed by atoms with Gasteiger partial charge in [0, 0.05) is 19.8 Å². The highest BCUT2D eigenvalue weighted by Crippen LogP contribution is 2.21. The molecule has 0 saturated carbocycles. The van der Waals surface area contributed by atoms with E-state index in [-0.39, 0.29) is 0 Å². The summed E-state index contributed by atoms with van der Waals surface area (Å²) in [6.07, 6.45) is 7.96. The Morgan fingerprint density at radius 2 is 1.82 bits per heavy atom. The predicted molar refractivity (Wildman–Crippen MR) is 89.1 cm³/mol. The van der Waals surface area contributed by atoms with Gasteiger partial charge in [0.15, 0.2) is 5.34 Å². The highest BCUT2D eigenvalue weighted by atomic mass is 16.7. The van der Waals surface area contributed by atoms with Gasteiger partial charge in [0.05, 0.1) is 5.56 Å². The van der Waals surface area contributed by atoms with E-state index >= 15 is 0 Å². The van der Waals surface area contributed by atoms with Crippen LogP contribution in [0.4, 0.5) is 5.69 Å². The van der Waals surface area contributed by atoms with Crippen molar-refractivity contribution in [1.29, 1.82) is 0 Å². The van der Waals surface area contributed by atoms with Crippen molar-refractivity contribution in [2.24, 2.45) is 5.34 Å². The van der Waals surface area contributed by atoms with Crippen LogP contribution < -0.4 is 4.90 Å². The molecule has 0 fully saturated rings. The van der Waals surface area contributed by atoms with Crippen LogP contribution in [0.15, 0.2) is 23.5 Å². The fourth-order valence-corrected chi connectivity index (χ4v) is 2.44. The molecule has 0 amide bonds. The lowest BCUT2D eigenvalue weighted by Gasteiger charge is -2.15. The summed E-state index contributed by atoms with van der Waals surface area (Å²) < 4.78 is 0. The summed E-state index contributed by atoms with van der Waals surface area (Å²) in [5.74, 6) is -0.679. The molecule has 0 saturated heterocycles. The number of hydrogen-bond acceptors (Lipinski definition) is 5. The average Bonchev–Trinajstić information content (AvgIpc) is 2.50. The van der Waals surface area contributed by atoms with E-state index in [1.54, 1.807) is 6.07 Å². The molecular weight excluding hydrogens is 280 g/mol. The minimum absolute atomic E-state index is 0.429. The second kappa shape index (κ2) is 9.92. The number of unbranched alkanes of at least 4 members (excludes halogenated alkanes) is 5. The topological polar surface area (TPSA) is 59.0 Å². The van der Waals surface area contributed by atoms with E-state index in [2.05, 4.69) is 17.1 Å². The Hall–Kier alpha value is -1.91. The Kier molecular flexibility index (Phi) is 8.18. The quantitative estimate of drug-likeness (QED) is 0.363. The third kappa shape index (κ3) is 5.84. The summed E-state index contributed by atoms with van der Waals surface area (Å²) in [7, 11) is 3.91. The summed E-state index contributed by atoms with van der Waals surface area (Å²) in [5.41, 5.74) is 2.37. The van der Waals surface area contributed by atoms with Crippen LogP contribution in [0.5, 0.6) is 0 Å². The zero-order chi connectivity index (χ0) is 16.4. The lowest BCUT2D eigenvalue weighted by Crippen LogP contribution is -2.11. The smallest absolute Gasteiger partial charge is 0.369 e. The van der Waals surface area contributed by atoms with Crippen molar-refractivity contribution < 1.29 is 9.63 Å². The minimum atomic E-state index is -0.679. The summed E-state index contributed by atoms with van der Waals surface area (Å²) in [4.78, 5) is 28.2. The fourth-order valence-electron chi connectivity index (χ4n) is 2.44. The van der Waals surface area contributed by atoms with Gasteiger partial charge >= 0.3 is 5.97 Å². The highest BCUT2D eigenvalue weighted by Gasteiger charge is 2.14. The Labute approximate surface area is 132 Å². The van der Waals surface area contributed by atoms with Gasteiger partial charge in [-0.05, 0) is 36.6 Å². The Bertz CT molecular complexity index is 487. The van der Waals surface area contributed by atoms with Crippen molar-refractivity contribution in [3.8, 4) is 0 Å². The fraction of sp³-hybridized carbons (Fsp3) is 0.588. The van der Waals surface area contributed by atoms with Crippen LogP contribution >= 0.6 is 0 Å². The monoisotopic (exact) mass is 306 g/mol. The van der Waals surface area contributed by atoms with Gasteiger partial charge in [0.25, 0.3) is 0 Å². The molecule has 122 valence electrons. The third-order valence-electron chi connectivity index (χ3n) is 3.74. The highest BCUT2D eigenvalue weighted by molar-refractivity contribution is 5.91. The second-order valence-corrected chi connectivity index (χ2v) is 5.71. The molecule has 0 N–H and O–H groups in total. The van der Waals surface area contributed by atoms with Crippen LogP contribution in [0, 0.1) is 4.91 Å². The first-order valence-electron chi connectivity index (χ1n) is 7.94. The number of rotatable bonds is 10. The minimum Gasteiger partial charge on any atom is -0.378 e. The largest absolute Gasteiger partial charge is 0.378 e. The molecule has 0 aliphatic heterocycles. The summed E-state index contributed by atoms with van der Waals surface area (Å²) in [6.45, 7) is 2.20. The number of carbonyl (C=O) groups is 1. The van der Waals surface area contributed by atoms with Gasteiger partial charge in [-0.15, -0.1) is 4.91 Å². The van der Waals surface area contributed by atoms with Gasteiger partial charge in [-0.25, -0.2) is 4.79 Å². The van der Waals surface area contributed by atoms with E-state index < -0.39 is 5.97 Å². The first-order valence-corrected chi connectivity index (χ1v) is 7.94. The number of hydrogen-bond donors (Lipinski definition) is 0. The summed E-state index contributed by atoms with van der Waals surface area (Å²) in [6, 6.07) is 5.52. The lowest BCUT2D eigenvalue weighted by atomic mass is 9.99. The Morgan fingerprint density at radius 1 is 1.14 bits per heavy atom. The molecule has 22 heavy (non-hydrogen) atoms. The van der Waals surface area contributed by atoms with E-state index in [1.165, 1.54) is 25.7 Å². The molecule has 0 unspecified atom stereocenters. The van der Waals surface area contributed by atoms with E-state index in [4.69, 9.17) is 0 Å². The van der Waals surface area contributed by atoms with E-state index in [1.807, 2.05) is 31.1 Å². The first kappa shape index (κ1) is 18.1. The standard InChI is InChI=1S/C17H26N2O3/c1-4-5-6-7-8-9-10-14-13-15(19(2)3)11-12-16(14)17(20)22-18-21/h11-13H,4-10H2,1-3H3. The van der Waals surface area contributed by atoms with E-state index in [0.29, 0.717) is 5.56 Å². The Morgan fingerprint density at radius 3 is 2.45 bits per heavy atom. The van der Waals surface area contributed by atoms with Gasteiger partial charge in [-0.1, -0.05) is 39.0 Å². The van der Waals surface area contributed by atoms with Crippen LogP contribution in [0.25, 0.3) is 0 Å². The maximum absolute atomic E-state index is 11.8. The molecule has 0 aliphatic rings. The van der Waals surface area contributed by atoms with Gasteiger partial charge in [-0.2, -0.15) is 0 Å². The molecule has 5 heteroatoms. The lowest BCUT2D eigenvalue weighted by molar-refractivity contribution is 0.0507. The average molecular weight is 306 g/mol. The van der Waals surface area contributed by atoms with E-state index in [0.717, 1.165) is 30.5 Å². The molecule has 0 atom stereocenters. The van der Waals surface area contributed by atoms with Crippen molar-refractivity contribution >= 4 is 11.7 Å². The summed E-state index contributed by atoms with van der Waals surface area (Å²) in [5, 5.41) is 2.23. The molecule has 1 aromatic rings. The number of anilines is 1.